The Labute approximate surface area is 173 Å². The molecule has 7 rings (SSSR count). The first kappa shape index (κ1) is 17.0. The van der Waals surface area contributed by atoms with Crippen LogP contribution in [-0.4, -0.2) is 11.8 Å². The van der Waals surface area contributed by atoms with Crippen LogP contribution in [0.4, 0.5) is 5.69 Å². The van der Waals surface area contributed by atoms with Gasteiger partial charge in [-0.3, -0.25) is 9.59 Å². The lowest BCUT2D eigenvalue weighted by Gasteiger charge is -2.50. The van der Waals surface area contributed by atoms with Crippen molar-refractivity contribution in [3.8, 4) is 0 Å². The van der Waals surface area contributed by atoms with Crippen molar-refractivity contribution in [3.63, 3.8) is 0 Å². The van der Waals surface area contributed by atoms with E-state index in [2.05, 4.69) is 12.1 Å². The summed E-state index contributed by atoms with van der Waals surface area (Å²) in [6.07, 6.45) is 0. The standard InChI is InChI=1S/C25H18ClNO2/c1-14-8-2-7-13-19(14)27-23(28)21-20-15-9-3-5-11-17(15)25(26,22(21)24(27)29)18-12-6-4-10-16(18)20/h2-13,20-22H,1H3/t20?,21-,22+,25?/m0/s1. The summed E-state index contributed by atoms with van der Waals surface area (Å²) in [5.74, 6) is -1.58. The molecule has 3 nitrogen and oxygen atoms in total. The van der Waals surface area contributed by atoms with Gasteiger partial charge in [0.05, 0.1) is 17.5 Å². The average Bonchev–Trinajstić information content (AvgIpc) is 3.01. The van der Waals surface area contributed by atoms with Gasteiger partial charge in [0.15, 0.2) is 0 Å². The van der Waals surface area contributed by atoms with Gasteiger partial charge in [-0.25, -0.2) is 4.90 Å². The smallest absolute Gasteiger partial charge is 0.240 e. The molecule has 1 fully saturated rings. The summed E-state index contributed by atoms with van der Waals surface area (Å²) >= 11 is 7.41. The number of imide groups is 1. The molecule has 1 aliphatic heterocycles. The van der Waals surface area contributed by atoms with E-state index >= 15 is 0 Å². The first-order chi connectivity index (χ1) is 14.0. The Morgan fingerprint density at radius 1 is 0.793 bits per heavy atom. The van der Waals surface area contributed by atoms with Gasteiger partial charge in [0.25, 0.3) is 0 Å². The summed E-state index contributed by atoms with van der Waals surface area (Å²) in [7, 11) is 0. The van der Waals surface area contributed by atoms with Gasteiger partial charge in [-0.1, -0.05) is 66.7 Å². The molecule has 4 heteroatoms. The van der Waals surface area contributed by atoms with Crippen LogP contribution in [0.2, 0.25) is 0 Å². The van der Waals surface area contributed by atoms with E-state index in [1.165, 1.54) is 4.90 Å². The van der Waals surface area contributed by atoms with Crippen molar-refractivity contribution in [3.05, 3.63) is 101 Å². The average molecular weight is 400 g/mol. The normalized spacial score (nSPS) is 28.9. The van der Waals surface area contributed by atoms with E-state index in [1.807, 2.05) is 67.6 Å². The minimum atomic E-state index is -1.03. The van der Waals surface area contributed by atoms with Gasteiger partial charge >= 0.3 is 0 Å². The number of halogens is 1. The number of carbonyl (C=O) groups excluding carboxylic acids is 2. The van der Waals surface area contributed by atoms with Crippen LogP contribution in [0.25, 0.3) is 0 Å². The summed E-state index contributed by atoms with van der Waals surface area (Å²) in [5, 5.41) is 0. The van der Waals surface area contributed by atoms with Gasteiger partial charge in [-0.15, -0.1) is 11.6 Å². The molecule has 3 aliphatic carbocycles. The number of hydrogen-bond acceptors (Lipinski definition) is 2. The molecule has 4 aliphatic rings. The third-order valence-corrected chi connectivity index (χ3v) is 7.51. The maximum Gasteiger partial charge on any atom is 0.240 e. The minimum absolute atomic E-state index is 0.145. The van der Waals surface area contributed by atoms with Gasteiger partial charge in [0.2, 0.25) is 11.8 Å². The van der Waals surface area contributed by atoms with Gasteiger partial charge in [-0.2, -0.15) is 0 Å². The highest BCUT2D eigenvalue weighted by Crippen LogP contribution is 2.65. The molecule has 0 spiro atoms. The van der Waals surface area contributed by atoms with E-state index in [1.54, 1.807) is 0 Å². The number of carbonyl (C=O) groups is 2. The van der Waals surface area contributed by atoms with Crippen molar-refractivity contribution < 1.29 is 9.59 Å². The Balaban J connectivity index is 1.64. The molecule has 0 N–H and O–H groups in total. The fraction of sp³-hybridized carbons (Fsp3) is 0.200. The number of nitrogens with zero attached hydrogens (tertiary/aromatic N) is 1. The SMILES string of the molecule is Cc1ccccc1N1C(=O)[C@H]2C3c4ccccc4C(Cl)(c4ccccc43)[C@H]2C1=O. The molecular weight excluding hydrogens is 382 g/mol. The monoisotopic (exact) mass is 399 g/mol. The molecule has 2 amide bonds. The first-order valence-corrected chi connectivity index (χ1v) is 10.2. The Hall–Kier alpha value is -2.91. The third kappa shape index (κ3) is 1.89. The Bertz CT molecular complexity index is 1170. The maximum absolute atomic E-state index is 13.7. The Morgan fingerprint density at radius 3 is 1.97 bits per heavy atom. The van der Waals surface area contributed by atoms with Crippen molar-refractivity contribution in [1.82, 2.24) is 0 Å². The topological polar surface area (TPSA) is 37.4 Å². The summed E-state index contributed by atoms with van der Waals surface area (Å²) < 4.78 is 0. The van der Waals surface area contributed by atoms with Crippen LogP contribution in [0.1, 0.15) is 33.7 Å². The summed E-state index contributed by atoms with van der Waals surface area (Å²) in [5.41, 5.74) is 5.60. The highest BCUT2D eigenvalue weighted by atomic mass is 35.5. The molecule has 0 saturated carbocycles. The molecule has 1 saturated heterocycles. The number of alkyl halides is 1. The molecular formula is C25H18ClNO2. The van der Waals surface area contributed by atoms with Crippen molar-refractivity contribution in [2.45, 2.75) is 17.7 Å². The summed E-state index contributed by atoms with van der Waals surface area (Å²) in [6, 6.07) is 23.5. The quantitative estimate of drug-likeness (QED) is 0.437. The maximum atomic E-state index is 13.7. The number of hydrogen-bond donors (Lipinski definition) is 0. The number of amides is 2. The van der Waals surface area contributed by atoms with E-state index in [0.717, 1.165) is 27.8 Å². The Morgan fingerprint density at radius 2 is 1.34 bits per heavy atom. The molecule has 3 aromatic carbocycles. The predicted octanol–water partition coefficient (Wildman–Crippen LogP) is 4.74. The Kier molecular flexibility index (Phi) is 3.27. The molecule has 29 heavy (non-hydrogen) atoms. The van der Waals surface area contributed by atoms with Crippen LogP contribution >= 0.6 is 11.6 Å². The van der Waals surface area contributed by atoms with E-state index in [4.69, 9.17) is 11.6 Å². The predicted molar refractivity (Wildman–Crippen MR) is 112 cm³/mol. The van der Waals surface area contributed by atoms with E-state index in [9.17, 15) is 9.59 Å². The molecule has 2 atom stereocenters. The van der Waals surface area contributed by atoms with Gasteiger partial charge in [-0.05, 0) is 40.8 Å². The zero-order valence-electron chi connectivity index (χ0n) is 15.8. The highest BCUT2D eigenvalue weighted by molar-refractivity contribution is 6.33. The fourth-order valence-corrected chi connectivity index (χ4v) is 6.30. The number of para-hydroxylation sites is 1. The summed E-state index contributed by atoms with van der Waals surface area (Å²) in [4.78, 5) is 27.8. The van der Waals surface area contributed by atoms with Crippen LogP contribution in [0.5, 0.6) is 0 Å². The first-order valence-electron chi connectivity index (χ1n) is 9.86. The van der Waals surface area contributed by atoms with E-state index in [-0.39, 0.29) is 17.7 Å². The zero-order valence-corrected chi connectivity index (χ0v) is 16.6. The molecule has 0 aromatic heterocycles. The van der Waals surface area contributed by atoms with Gasteiger partial charge in [0.1, 0.15) is 4.87 Å². The van der Waals surface area contributed by atoms with Gasteiger partial charge in [0, 0.05) is 5.92 Å². The van der Waals surface area contributed by atoms with E-state index < -0.39 is 16.7 Å². The van der Waals surface area contributed by atoms with Crippen molar-refractivity contribution in [2.75, 3.05) is 4.90 Å². The second kappa shape index (κ2) is 5.58. The van der Waals surface area contributed by atoms with E-state index in [0.29, 0.717) is 5.69 Å². The van der Waals surface area contributed by atoms with Crippen LogP contribution in [0.15, 0.2) is 72.8 Å². The lowest BCUT2D eigenvalue weighted by Crippen LogP contribution is -2.50. The number of benzene rings is 3. The lowest BCUT2D eigenvalue weighted by atomic mass is 9.54. The van der Waals surface area contributed by atoms with Crippen LogP contribution < -0.4 is 4.90 Å². The minimum Gasteiger partial charge on any atom is -0.274 e. The summed E-state index contributed by atoms with van der Waals surface area (Å²) in [6.45, 7) is 1.92. The molecule has 0 radical (unpaired) electrons. The number of rotatable bonds is 1. The van der Waals surface area contributed by atoms with Crippen LogP contribution in [0, 0.1) is 18.8 Å². The van der Waals surface area contributed by atoms with Crippen molar-refractivity contribution in [2.24, 2.45) is 11.8 Å². The molecule has 1 heterocycles. The number of aryl methyl sites for hydroxylation is 1. The molecule has 3 aromatic rings. The molecule has 142 valence electrons. The second-order valence-electron chi connectivity index (χ2n) is 8.17. The molecule has 2 bridgehead atoms. The lowest BCUT2D eigenvalue weighted by molar-refractivity contribution is -0.122. The van der Waals surface area contributed by atoms with Crippen molar-refractivity contribution >= 4 is 29.1 Å². The molecule has 0 unspecified atom stereocenters. The zero-order chi connectivity index (χ0) is 19.9. The highest BCUT2D eigenvalue weighted by Gasteiger charge is 2.68. The van der Waals surface area contributed by atoms with Gasteiger partial charge < -0.3 is 0 Å². The van der Waals surface area contributed by atoms with Crippen LogP contribution in [-0.2, 0) is 14.5 Å². The third-order valence-electron chi connectivity index (χ3n) is 6.87. The number of anilines is 1. The van der Waals surface area contributed by atoms with Crippen molar-refractivity contribution in [1.29, 1.82) is 0 Å². The van der Waals surface area contributed by atoms with Crippen LogP contribution in [0.3, 0.4) is 0 Å². The largest absolute Gasteiger partial charge is 0.274 e. The fourth-order valence-electron chi connectivity index (χ4n) is 5.73. The second-order valence-corrected chi connectivity index (χ2v) is 8.76.